The molecular weight excluding hydrogens is 371 g/mol. The summed E-state index contributed by atoms with van der Waals surface area (Å²) in [7, 11) is 0. The van der Waals surface area contributed by atoms with Crippen LogP contribution in [0.15, 0.2) is 90.5 Å². The molecule has 3 aromatic rings. The maximum Gasteiger partial charge on any atom is 0.0411 e. The molecule has 132 valence electrons. The molecule has 0 atom stereocenters. The van der Waals surface area contributed by atoms with Gasteiger partial charge in [-0.25, -0.2) is 0 Å². The van der Waals surface area contributed by atoms with Crippen molar-refractivity contribution in [3.8, 4) is 0 Å². The fraction of sp³-hybridized carbons (Fsp3) is 0.0400. The Bertz CT molecular complexity index is 1070. The number of hydrogen-bond donors (Lipinski definition) is 0. The lowest BCUT2D eigenvalue weighted by molar-refractivity contribution is 1.25. The third-order valence-corrected chi connectivity index (χ3v) is 5.12. The van der Waals surface area contributed by atoms with Gasteiger partial charge < -0.3 is 0 Å². The molecule has 0 nitrogen and oxygen atoms in total. The Morgan fingerprint density at radius 1 is 0.630 bits per heavy atom. The minimum Gasteiger partial charge on any atom is -0.0843 e. The van der Waals surface area contributed by atoms with E-state index in [-0.39, 0.29) is 0 Å². The lowest BCUT2D eigenvalue weighted by atomic mass is 10.0. The standard InChI is InChI=1S/C25H18Cl2/c26-22-8-3-5-18(15-22)11-13-21-17-20-7-1-2-10-24(20)25(21)14-12-19-6-4-9-23(27)16-19/h1-16H,17H2/b13-11+,14-12+. The van der Waals surface area contributed by atoms with Crippen molar-refractivity contribution < 1.29 is 0 Å². The van der Waals surface area contributed by atoms with E-state index in [2.05, 4.69) is 60.7 Å². The van der Waals surface area contributed by atoms with Crippen LogP contribution in [0.3, 0.4) is 0 Å². The first-order valence-corrected chi connectivity index (χ1v) is 9.63. The van der Waals surface area contributed by atoms with E-state index in [1.165, 1.54) is 22.3 Å². The Morgan fingerprint density at radius 3 is 1.93 bits per heavy atom. The summed E-state index contributed by atoms with van der Waals surface area (Å²) >= 11 is 12.2. The van der Waals surface area contributed by atoms with Crippen LogP contribution < -0.4 is 0 Å². The van der Waals surface area contributed by atoms with E-state index >= 15 is 0 Å². The minimum absolute atomic E-state index is 0.749. The molecule has 0 saturated carbocycles. The molecule has 0 heterocycles. The fourth-order valence-corrected chi connectivity index (χ4v) is 3.75. The molecular formula is C25H18Cl2. The molecule has 0 fully saturated rings. The predicted octanol–water partition coefficient (Wildman–Crippen LogP) is 7.73. The Morgan fingerprint density at radius 2 is 1.26 bits per heavy atom. The Labute approximate surface area is 170 Å². The first-order valence-electron chi connectivity index (χ1n) is 8.88. The average Bonchev–Trinajstić information content (AvgIpc) is 3.02. The van der Waals surface area contributed by atoms with Gasteiger partial charge in [0.2, 0.25) is 0 Å². The smallest absolute Gasteiger partial charge is 0.0411 e. The molecule has 0 saturated heterocycles. The Hall–Kier alpha value is -2.54. The van der Waals surface area contributed by atoms with Crippen LogP contribution in [0.4, 0.5) is 0 Å². The molecule has 0 radical (unpaired) electrons. The van der Waals surface area contributed by atoms with Gasteiger partial charge in [-0.1, -0.05) is 96.0 Å². The van der Waals surface area contributed by atoms with Crippen LogP contribution in [0.2, 0.25) is 10.0 Å². The predicted molar refractivity (Wildman–Crippen MR) is 118 cm³/mol. The molecule has 27 heavy (non-hydrogen) atoms. The number of hydrogen-bond acceptors (Lipinski definition) is 0. The first-order chi connectivity index (χ1) is 13.2. The summed E-state index contributed by atoms with van der Waals surface area (Å²) in [6.07, 6.45) is 9.57. The molecule has 0 unspecified atom stereocenters. The SMILES string of the molecule is Clc1cccc(/C=C/C2=C(/C=C/c3cccc(Cl)c3)c3ccccc3C2)c1. The second kappa shape index (κ2) is 8.00. The maximum atomic E-state index is 6.11. The molecule has 0 amide bonds. The van der Waals surface area contributed by atoms with E-state index < -0.39 is 0 Å². The lowest BCUT2D eigenvalue weighted by Gasteiger charge is -2.02. The monoisotopic (exact) mass is 388 g/mol. The quantitative estimate of drug-likeness (QED) is 0.428. The fourth-order valence-electron chi connectivity index (χ4n) is 3.35. The van der Waals surface area contributed by atoms with E-state index in [9.17, 15) is 0 Å². The third kappa shape index (κ3) is 4.24. The van der Waals surface area contributed by atoms with Crippen molar-refractivity contribution in [1.29, 1.82) is 0 Å². The Kier molecular flexibility index (Phi) is 5.29. The highest BCUT2D eigenvalue weighted by Gasteiger charge is 2.17. The normalized spacial score (nSPS) is 13.7. The number of allylic oxidation sites excluding steroid dienone is 4. The molecule has 0 spiro atoms. The molecule has 3 aromatic carbocycles. The van der Waals surface area contributed by atoms with Gasteiger partial charge in [-0.15, -0.1) is 0 Å². The molecule has 0 aliphatic heterocycles. The summed E-state index contributed by atoms with van der Waals surface area (Å²) in [5.41, 5.74) is 7.40. The Balaban J connectivity index is 1.70. The first kappa shape index (κ1) is 17.9. The highest BCUT2D eigenvalue weighted by molar-refractivity contribution is 6.31. The van der Waals surface area contributed by atoms with Crippen LogP contribution in [0, 0.1) is 0 Å². The summed E-state index contributed by atoms with van der Waals surface area (Å²) in [6, 6.07) is 24.4. The molecule has 1 aliphatic rings. The van der Waals surface area contributed by atoms with Gasteiger partial charge >= 0.3 is 0 Å². The summed E-state index contributed by atoms with van der Waals surface area (Å²) in [5.74, 6) is 0. The van der Waals surface area contributed by atoms with Gasteiger partial charge in [-0.05, 0) is 64.1 Å². The molecule has 4 rings (SSSR count). The van der Waals surface area contributed by atoms with E-state index in [4.69, 9.17) is 23.2 Å². The van der Waals surface area contributed by atoms with Gasteiger partial charge in [0, 0.05) is 10.0 Å². The zero-order chi connectivity index (χ0) is 18.6. The van der Waals surface area contributed by atoms with Gasteiger partial charge in [0.15, 0.2) is 0 Å². The van der Waals surface area contributed by atoms with Crippen molar-refractivity contribution in [1.82, 2.24) is 0 Å². The van der Waals surface area contributed by atoms with Gasteiger partial charge in [0.05, 0.1) is 0 Å². The van der Waals surface area contributed by atoms with Crippen molar-refractivity contribution in [3.63, 3.8) is 0 Å². The summed E-state index contributed by atoms with van der Waals surface area (Å²) < 4.78 is 0. The average molecular weight is 389 g/mol. The maximum absolute atomic E-state index is 6.11. The number of benzene rings is 3. The molecule has 0 N–H and O–H groups in total. The van der Waals surface area contributed by atoms with Crippen molar-refractivity contribution in [2.24, 2.45) is 0 Å². The van der Waals surface area contributed by atoms with Gasteiger partial charge in [0.1, 0.15) is 0 Å². The van der Waals surface area contributed by atoms with Gasteiger partial charge in [-0.2, -0.15) is 0 Å². The van der Waals surface area contributed by atoms with E-state index in [0.717, 1.165) is 27.6 Å². The van der Waals surface area contributed by atoms with E-state index in [0.29, 0.717) is 0 Å². The van der Waals surface area contributed by atoms with E-state index in [1.54, 1.807) is 0 Å². The van der Waals surface area contributed by atoms with Crippen LogP contribution in [0.25, 0.3) is 17.7 Å². The van der Waals surface area contributed by atoms with E-state index in [1.807, 2.05) is 36.4 Å². The third-order valence-electron chi connectivity index (χ3n) is 4.65. The largest absolute Gasteiger partial charge is 0.0843 e. The van der Waals surface area contributed by atoms with Crippen LogP contribution in [0.1, 0.15) is 22.3 Å². The van der Waals surface area contributed by atoms with Crippen LogP contribution in [-0.4, -0.2) is 0 Å². The number of halogens is 2. The zero-order valence-electron chi connectivity index (χ0n) is 14.7. The van der Waals surface area contributed by atoms with Crippen molar-refractivity contribution >= 4 is 40.9 Å². The van der Waals surface area contributed by atoms with Crippen LogP contribution in [0.5, 0.6) is 0 Å². The topological polar surface area (TPSA) is 0 Å². The molecule has 0 aromatic heterocycles. The second-order valence-electron chi connectivity index (χ2n) is 6.55. The van der Waals surface area contributed by atoms with Crippen LogP contribution >= 0.6 is 23.2 Å². The number of rotatable bonds is 4. The molecule has 2 heteroatoms. The van der Waals surface area contributed by atoms with Crippen molar-refractivity contribution in [3.05, 3.63) is 123 Å². The van der Waals surface area contributed by atoms with Crippen molar-refractivity contribution in [2.75, 3.05) is 0 Å². The molecule has 0 bridgehead atoms. The minimum atomic E-state index is 0.749. The summed E-state index contributed by atoms with van der Waals surface area (Å²) in [4.78, 5) is 0. The molecule has 1 aliphatic carbocycles. The highest BCUT2D eigenvalue weighted by atomic mass is 35.5. The van der Waals surface area contributed by atoms with Crippen LogP contribution in [-0.2, 0) is 6.42 Å². The summed E-state index contributed by atoms with van der Waals surface area (Å²) in [5, 5.41) is 1.50. The highest BCUT2D eigenvalue weighted by Crippen LogP contribution is 2.35. The summed E-state index contributed by atoms with van der Waals surface area (Å²) in [6.45, 7) is 0. The zero-order valence-corrected chi connectivity index (χ0v) is 16.2. The van der Waals surface area contributed by atoms with Crippen molar-refractivity contribution in [2.45, 2.75) is 6.42 Å². The second-order valence-corrected chi connectivity index (χ2v) is 7.42. The lowest BCUT2D eigenvalue weighted by Crippen LogP contribution is -1.81. The van der Waals surface area contributed by atoms with Gasteiger partial charge in [-0.3, -0.25) is 0 Å². The van der Waals surface area contributed by atoms with Gasteiger partial charge in [0.25, 0.3) is 0 Å². The number of fused-ring (bicyclic) bond motifs is 1.